The fourth-order valence-electron chi connectivity index (χ4n) is 4.57. The number of hydrogen-bond donors (Lipinski definition) is 2. The predicted molar refractivity (Wildman–Crippen MR) is 140 cm³/mol. The number of carbonyl (C=O) groups excluding carboxylic acids is 1. The smallest absolute Gasteiger partial charge is 0.338 e. The molecule has 0 radical (unpaired) electrons. The number of methoxy groups -OCH3 is 1. The van der Waals surface area contributed by atoms with Gasteiger partial charge in [-0.15, -0.1) is 0 Å². The Balaban J connectivity index is 1.83. The van der Waals surface area contributed by atoms with E-state index in [4.69, 9.17) is 18.9 Å². The maximum Gasteiger partial charge on any atom is 0.338 e. The monoisotopic (exact) mass is 502 g/mol. The molecule has 0 bridgehead atoms. The van der Waals surface area contributed by atoms with Crippen LogP contribution >= 0.6 is 0 Å². The van der Waals surface area contributed by atoms with E-state index in [-0.39, 0.29) is 23.6 Å². The topological polar surface area (TPSA) is 89.5 Å². The molecule has 2 heterocycles. The lowest BCUT2D eigenvalue weighted by Gasteiger charge is -2.47. The van der Waals surface area contributed by atoms with Gasteiger partial charge < -0.3 is 34.3 Å². The zero-order chi connectivity index (χ0) is 26.3. The third kappa shape index (κ3) is 6.60. The number of aliphatic hydroxyl groups excluding tert-OH is 1. The number of rotatable bonds is 12. The molecule has 0 aliphatic carbocycles. The molecule has 36 heavy (non-hydrogen) atoms. The van der Waals surface area contributed by atoms with E-state index in [2.05, 4.69) is 37.9 Å². The Labute approximate surface area is 215 Å². The molecule has 3 rings (SSSR count). The van der Waals surface area contributed by atoms with Crippen LogP contribution in [-0.2, 0) is 20.7 Å². The number of carbonyl (C=O) groups is 1. The van der Waals surface area contributed by atoms with Crippen molar-refractivity contribution in [2.24, 2.45) is 5.41 Å². The molecular weight excluding hydrogens is 460 g/mol. The van der Waals surface area contributed by atoms with Crippen LogP contribution in [-0.4, -0.2) is 74.7 Å². The van der Waals surface area contributed by atoms with Gasteiger partial charge in [0, 0.05) is 43.1 Å². The lowest BCUT2D eigenvalue weighted by atomic mass is 9.76. The molecule has 0 aromatic heterocycles. The van der Waals surface area contributed by atoms with Crippen molar-refractivity contribution in [3.63, 3.8) is 0 Å². The molecule has 0 fully saturated rings. The van der Waals surface area contributed by atoms with Crippen molar-refractivity contribution >= 4 is 11.7 Å². The molecule has 2 unspecified atom stereocenters. The third-order valence-corrected chi connectivity index (χ3v) is 6.48. The number of fused-ring (bicyclic) bond motifs is 3. The first-order valence-electron chi connectivity index (χ1n) is 12.9. The number of esters is 1. The van der Waals surface area contributed by atoms with Crippen LogP contribution in [0, 0.1) is 5.41 Å². The van der Waals surface area contributed by atoms with Crippen LogP contribution in [0.25, 0.3) is 5.70 Å². The Morgan fingerprint density at radius 1 is 1.17 bits per heavy atom. The van der Waals surface area contributed by atoms with E-state index in [1.807, 2.05) is 12.1 Å². The van der Waals surface area contributed by atoms with E-state index in [1.165, 1.54) is 0 Å². The summed E-state index contributed by atoms with van der Waals surface area (Å²) in [5.74, 6) is 0.835. The first kappa shape index (κ1) is 28.0. The highest BCUT2D eigenvalue weighted by Gasteiger charge is 2.40. The Kier molecular flexibility index (Phi) is 9.82. The molecular formula is C28H42N2O6. The van der Waals surface area contributed by atoms with Crippen molar-refractivity contribution in [1.29, 1.82) is 0 Å². The van der Waals surface area contributed by atoms with Gasteiger partial charge in [-0.2, -0.15) is 0 Å². The van der Waals surface area contributed by atoms with Crippen LogP contribution in [0.5, 0.6) is 11.5 Å². The van der Waals surface area contributed by atoms with Crippen molar-refractivity contribution in [1.82, 2.24) is 10.2 Å². The fraction of sp³-hybridized carbons (Fsp3) is 0.607. The van der Waals surface area contributed by atoms with Crippen molar-refractivity contribution in [3.05, 3.63) is 41.1 Å². The molecule has 2 aliphatic heterocycles. The van der Waals surface area contributed by atoms with Crippen molar-refractivity contribution in [2.75, 3.05) is 46.6 Å². The number of aliphatic hydroxyl groups is 1. The Morgan fingerprint density at radius 2 is 1.94 bits per heavy atom. The van der Waals surface area contributed by atoms with Crippen LogP contribution in [0.15, 0.2) is 30.0 Å². The molecule has 8 nitrogen and oxygen atoms in total. The van der Waals surface area contributed by atoms with E-state index in [9.17, 15) is 9.90 Å². The minimum atomic E-state index is -1.05. The minimum Gasteiger partial charge on any atom is -0.493 e. The highest BCUT2D eigenvalue weighted by atomic mass is 16.5. The SMILES string of the molecule is CCNCCOCCCOc1cc2c(cc1OC)C1=CC(O)C(C(=O)OCC)=CN1C(C(C)(C)C)C2. The summed E-state index contributed by atoms with van der Waals surface area (Å²) in [6, 6.07) is 4.08. The summed E-state index contributed by atoms with van der Waals surface area (Å²) in [6.45, 7) is 14.3. The summed E-state index contributed by atoms with van der Waals surface area (Å²) in [6.07, 6.45) is 3.98. The third-order valence-electron chi connectivity index (χ3n) is 6.48. The second kappa shape index (κ2) is 12.6. The highest BCUT2D eigenvalue weighted by Crippen LogP contribution is 2.45. The molecule has 1 aromatic carbocycles. The lowest BCUT2D eigenvalue weighted by molar-refractivity contribution is -0.139. The number of hydrogen-bond acceptors (Lipinski definition) is 8. The highest BCUT2D eigenvalue weighted by molar-refractivity contribution is 5.92. The lowest BCUT2D eigenvalue weighted by Crippen LogP contribution is -2.47. The van der Waals surface area contributed by atoms with Crippen LogP contribution in [0.1, 0.15) is 52.2 Å². The van der Waals surface area contributed by atoms with Gasteiger partial charge in [0.1, 0.15) is 6.10 Å². The van der Waals surface area contributed by atoms with E-state index >= 15 is 0 Å². The average molecular weight is 503 g/mol. The van der Waals surface area contributed by atoms with Gasteiger partial charge in [-0.05, 0) is 49.1 Å². The zero-order valence-electron chi connectivity index (χ0n) is 22.6. The van der Waals surface area contributed by atoms with E-state index in [0.717, 1.165) is 42.8 Å². The summed E-state index contributed by atoms with van der Waals surface area (Å²) >= 11 is 0. The molecule has 1 aromatic rings. The van der Waals surface area contributed by atoms with Crippen LogP contribution in [0.4, 0.5) is 0 Å². The zero-order valence-corrected chi connectivity index (χ0v) is 22.6. The maximum absolute atomic E-state index is 12.5. The maximum atomic E-state index is 12.5. The van der Waals surface area contributed by atoms with Crippen molar-refractivity contribution < 1.29 is 28.8 Å². The Bertz CT molecular complexity index is 966. The number of nitrogens with zero attached hydrogens (tertiary/aromatic N) is 1. The standard InChI is InChI=1S/C28H42N2O6/c1-7-29-10-13-34-11-9-12-36-25-14-19-15-26(28(3,4)5)30-18-21(27(32)35-8-2)23(31)17-22(30)20(19)16-24(25)33-6/h14,16-18,23,26,29,31H,7-13,15H2,1-6H3. The first-order chi connectivity index (χ1) is 17.2. The quantitative estimate of drug-likeness (QED) is 0.332. The van der Waals surface area contributed by atoms with Crippen LogP contribution < -0.4 is 14.8 Å². The first-order valence-corrected chi connectivity index (χ1v) is 12.9. The summed E-state index contributed by atoms with van der Waals surface area (Å²) in [5, 5.41) is 14.0. The molecule has 8 heteroatoms. The molecule has 0 spiro atoms. The minimum absolute atomic E-state index is 0.0690. The van der Waals surface area contributed by atoms with Gasteiger partial charge >= 0.3 is 5.97 Å². The predicted octanol–water partition coefficient (Wildman–Crippen LogP) is 3.53. The Morgan fingerprint density at radius 3 is 2.61 bits per heavy atom. The van der Waals surface area contributed by atoms with Gasteiger partial charge in [-0.25, -0.2) is 4.79 Å². The van der Waals surface area contributed by atoms with Crippen LogP contribution in [0.3, 0.4) is 0 Å². The van der Waals surface area contributed by atoms with Gasteiger partial charge in [-0.1, -0.05) is 27.7 Å². The number of benzene rings is 1. The molecule has 0 amide bonds. The van der Waals surface area contributed by atoms with E-state index < -0.39 is 12.1 Å². The van der Waals surface area contributed by atoms with Crippen LogP contribution in [0.2, 0.25) is 0 Å². The molecule has 2 atom stereocenters. The van der Waals surface area contributed by atoms with Gasteiger partial charge in [0.05, 0.1) is 32.5 Å². The molecule has 0 saturated heterocycles. The van der Waals surface area contributed by atoms with Gasteiger partial charge in [0.15, 0.2) is 11.5 Å². The summed E-state index contributed by atoms with van der Waals surface area (Å²) < 4.78 is 22.6. The molecule has 2 aliphatic rings. The normalized spacial score (nSPS) is 19.1. The largest absolute Gasteiger partial charge is 0.493 e. The van der Waals surface area contributed by atoms with Gasteiger partial charge in [0.2, 0.25) is 0 Å². The van der Waals surface area contributed by atoms with Crippen molar-refractivity contribution in [3.8, 4) is 11.5 Å². The summed E-state index contributed by atoms with van der Waals surface area (Å²) in [7, 11) is 1.62. The van der Waals surface area contributed by atoms with Gasteiger partial charge in [-0.3, -0.25) is 0 Å². The van der Waals surface area contributed by atoms with E-state index in [0.29, 0.717) is 31.3 Å². The second-order valence-corrected chi connectivity index (χ2v) is 10.1. The number of nitrogens with one attached hydrogen (secondary N) is 1. The van der Waals surface area contributed by atoms with E-state index in [1.54, 1.807) is 26.3 Å². The molecule has 2 N–H and O–H groups in total. The summed E-state index contributed by atoms with van der Waals surface area (Å²) in [5.41, 5.74) is 3.09. The number of likely N-dealkylation sites (N-methyl/N-ethyl adjacent to an activating group) is 1. The summed E-state index contributed by atoms with van der Waals surface area (Å²) in [4.78, 5) is 14.6. The Hall–Kier alpha value is -2.55. The van der Waals surface area contributed by atoms with Gasteiger partial charge in [0.25, 0.3) is 0 Å². The fourth-order valence-corrected chi connectivity index (χ4v) is 4.57. The molecule has 0 saturated carbocycles. The second-order valence-electron chi connectivity index (χ2n) is 10.1. The van der Waals surface area contributed by atoms with Crippen molar-refractivity contribution in [2.45, 2.75) is 59.6 Å². The average Bonchev–Trinajstić information content (AvgIpc) is 2.83. The molecule has 200 valence electrons. The number of ether oxygens (including phenoxy) is 4.